The molecular formula is C31H27N5O2. The van der Waals surface area contributed by atoms with Gasteiger partial charge >= 0.3 is 0 Å². The Kier molecular flexibility index (Phi) is 5.68. The maximum atomic E-state index is 13.1. The largest absolute Gasteiger partial charge is 0.497 e. The molecule has 2 aliphatic rings. The lowest BCUT2D eigenvalue weighted by Crippen LogP contribution is -2.48. The van der Waals surface area contributed by atoms with Gasteiger partial charge in [0.2, 0.25) is 0 Å². The van der Waals surface area contributed by atoms with Crippen LogP contribution in [-0.4, -0.2) is 33.1 Å². The lowest BCUT2D eigenvalue weighted by atomic mass is 9.54. The molecule has 1 N–H and O–H groups in total. The van der Waals surface area contributed by atoms with Crippen molar-refractivity contribution in [1.82, 2.24) is 20.2 Å². The Balaban J connectivity index is 1.59. The summed E-state index contributed by atoms with van der Waals surface area (Å²) in [4.78, 5) is 23.1. The average molecular weight is 502 g/mol. The minimum atomic E-state index is -0.726. The number of nitrogens with one attached hydrogen (secondary N) is 1. The van der Waals surface area contributed by atoms with Gasteiger partial charge in [-0.2, -0.15) is 10.4 Å². The highest BCUT2D eigenvalue weighted by Crippen LogP contribution is 2.54. The van der Waals surface area contributed by atoms with Crippen LogP contribution in [0.4, 0.5) is 0 Å². The first-order valence-electron chi connectivity index (χ1n) is 12.8. The molecule has 188 valence electrons. The zero-order valence-electron chi connectivity index (χ0n) is 21.5. The number of Topliss-reactive ketones (excluding diaryl/α,β-unsaturated/α-hetero) is 1. The molecule has 7 heteroatoms. The smallest absolute Gasteiger partial charge is 0.176 e. The fourth-order valence-corrected chi connectivity index (χ4v) is 6.28. The number of hydrogen-bond donors (Lipinski definition) is 1. The van der Waals surface area contributed by atoms with Gasteiger partial charge in [-0.25, -0.2) is 9.97 Å². The Morgan fingerprint density at radius 2 is 1.79 bits per heavy atom. The topological polar surface area (TPSA) is 105 Å². The van der Waals surface area contributed by atoms with Crippen LogP contribution in [0, 0.1) is 30.1 Å². The van der Waals surface area contributed by atoms with Crippen molar-refractivity contribution in [3.05, 3.63) is 95.1 Å². The van der Waals surface area contributed by atoms with Crippen LogP contribution in [0.15, 0.2) is 72.4 Å². The Bertz CT molecular complexity index is 1600. The molecule has 0 radical (unpaired) electrons. The van der Waals surface area contributed by atoms with Crippen molar-refractivity contribution in [1.29, 1.82) is 5.26 Å². The number of aryl methyl sites for hydroxylation is 1. The van der Waals surface area contributed by atoms with Crippen LogP contribution >= 0.6 is 0 Å². The molecule has 0 unspecified atom stereocenters. The summed E-state index contributed by atoms with van der Waals surface area (Å²) < 4.78 is 5.42. The number of carbonyl (C=O) groups excluding carboxylic acids is 1. The standard InChI is InChI=1S/C31H27N5O2/c1-18-26-13-12-25-28(21-6-4-20(5-7-21)27-14-15-33-36-27)34-19(2)35-30(25)31(26,16-22(17-32)29(18)37)23-8-10-24(38-3)11-9-23/h4-11,14-16,18,26H,12-13H2,1-3H3,(H,33,36)/t18-,26-,31+/m0/s1. The molecule has 2 heterocycles. The molecule has 0 fully saturated rings. The number of aromatic nitrogens is 4. The van der Waals surface area contributed by atoms with E-state index in [1.165, 1.54) is 0 Å². The normalized spacial score (nSPS) is 22.2. The summed E-state index contributed by atoms with van der Waals surface area (Å²) >= 11 is 0. The third-order valence-corrected chi connectivity index (χ3v) is 8.11. The molecule has 0 saturated carbocycles. The maximum Gasteiger partial charge on any atom is 0.176 e. The highest BCUT2D eigenvalue weighted by molar-refractivity contribution is 6.02. The number of nitriles is 1. The lowest BCUT2D eigenvalue weighted by Gasteiger charge is -2.48. The number of aromatic amines is 1. The molecule has 6 rings (SSSR count). The number of hydrogen-bond acceptors (Lipinski definition) is 6. The molecule has 4 aromatic rings. The average Bonchev–Trinajstić information content (AvgIpc) is 3.50. The summed E-state index contributed by atoms with van der Waals surface area (Å²) in [6, 6.07) is 20.3. The van der Waals surface area contributed by atoms with Crippen molar-refractivity contribution < 1.29 is 9.53 Å². The molecule has 0 amide bonds. The van der Waals surface area contributed by atoms with Crippen LogP contribution in [0.5, 0.6) is 5.75 Å². The number of H-pyrrole nitrogens is 1. The molecule has 0 spiro atoms. The quantitative estimate of drug-likeness (QED) is 0.403. The number of benzene rings is 2. The minimum Gasteiger partial charge on any atom is -0.497 e. The fourth-order valence-electron chi connectivity index (χ4n) is 6.28. The number of nitrogens with zero attached hydrogens (tertiary/aromatic N) is 4. The number of ketones is 1. The van der Waals surface area contributed by atoms with Crippen LogP contribution in [0.25, 0.3) is 22.5 Å². The van der Waals surface area contributed by atoms with Gasteiger partial charge in [0.1, 0.15) is 17.6 Å². The van der Waals surface area contributed by atoms with Gasteiger partial charge in [0.05, 0.1) is 35.2 Å². The van der Waals surface area contributed by atoms with E-state index in [-0.39, 0.29) is 23.2 Å². The summed E-state index contributed by atoms with van der Waals surface area (Å²) in [6.45, 7) is 3.85. The van der Waals surface area contributed by atoms with Crippen LogP contribution in [0.2, 0.25) is 0 Å². The summed E-state index contributed by atoms with van der Waals surface area (Å²) in [6.07, 6.45) is 5.15. The second-order valence-corrected chi connectivity index (χ2v) is 10.1. The van der Waals surface area contributed by atoms with Crippen molar-refractivity contribution in [2.75, 3.05) is 7.11 Å². The molecule has 0 bridgehead atoms. The molecule has 2 aliphatic carbocycles. The maximum absolute atomic E-state index is 13.1. The van der Waals surface area contributed by atoms with Crippen LogP contribution in [0.1, 0.15) is 36.0 Å². The van der Waals surface area contributed by atoms with E-state index in [0.29, 0.717) is 5.82 Å². The van der Waals surface area contributed by atoms with Crippen molar-refractivity contribution in [2.45, 2.75) is 32.1 Å². The van der Waals surface area contributed by atoms with Crippen molar-refractivity contribution >= 4 is 5.78 Å². The number of fused-ring (bicyclic) bond motifs is 3. The predicted molar refractivity (Wildman–Crippen MR) is 143 cm³/mol. The third kappa shape index (κ3) is 3.56. The molecule has 0 saturated heterocycles. The number of carbonyl (C=O) groups is 1. The zero-order valence-corrected chi connectivity index (χ0v) is 21.5. The third-order valence-electron chi connectivity index (χ3n) is 8.11. The molecule has 2 aromatic heterocycles. The van der Waals surface area contributed by atoms with Gasteiger partial charge in [-0.15, -0.1) is 0 Å². The monoisotopic (exact) mass is 501 g/mol. The highest BCUT2D eigenvalue weighted by atomic mass is 16.5. The lowest BCUT2D eigenvalue weighted by molar-refractivity contribution is -0.121. The SMILES string of the molecule is COc1ccc([C@]23C=C(C#N)C(=O)[C@@H](C)[C@@H]2CCc2c(-c4ccc(-c5ccn[nH]5)cc4)nc(C)nc23)cc1. The van der Waals surface area contributed by atoms with E-state index in [0.717, 1.165) is 57.9 Å². The summed E-state index contributed by atoms with van der Waals surface area (Å²) in [7, 11) is 1.64. The van der Waals surface area contributed by atoms with Gasteiger partial charge in [-0.1, -0.05) is 43.3 Å². The van der Waals surface area contributed by atoms with Gasteiger partial charge in [-0.05, 0) is 61.1 Å². The number of methoxy groups -OCH3 is 1. The van der Waals surface area contributed by atoms with E-state index < -0.39 is 5.41 Å². The highest BCUT2D eigenvalue weighted by Gasteiger charge is 2.53. The Labute approximate surface area is 221 Å². The van der Waals surface area contributed by atoms with E-state index >= 15 is 0 Å². The minimum absolute atomic E-state index is 0.0297. The first-order chi connectivity index (χ1) is 18.5. The van der Waals surface area contributed by atoms with Crippen molar-refractivity contribution in [2.24, 2.45) is 11.8 Å². The second-order valence-electron chi connectivity index (χ2n) is 10.1. The predicted octanol–water partition coefficient (Wildman–Crippen LogP) is 5.37. The van der Waals surface area contributed by atoms with E-state index in [9.17, 15) is 10.1 Å². The van der Waals surface area contributed by atoms with E-state index in [1.54, 1.807) is 13.3 Å². The van der Waals surface area contributed by atoms with Crippen LogP contribution in [0.3, 0.4) is 0 Å². The molecule has 3 atom stereocenters. The summed E-state index contributed by atoms with van der Waals surface area (Å²) in [5.74, 6) is 0.973. The van der Waals surface area contributed by atoms with E-state index in [2.05, 4.69) is 40.5 Å². The van der Waals surface area contributed by atoms with Crippen LogP contribution in [-0.2, 0) is 16.6 Å². The van der Waals surface area contributed by atoms with Crippen molar-refractivity contribution in [3.63, 3.8) is 0 Å². The van der Waals surface area contributed by atoms with Gasteiger partial charge in [-0.3, -0.25) is 9.89 Å². The number of ether oxygens (including phenoxy) is 1. The summed E-state index contributed by atoms with van der Waals surface area (Å²) in [5, 5.41) is 17.0. The molecule has 0 aliphatic heterocycles. The first-order valence-corrected chi connectivity index (χ1v) is 12.8. The summed E-state index contributed by atoms with van der Waals surface area (Å²) in [5.41, 5.74) is 6.30. The molecule has 2 aromatic carbocycles. The second kappa shape index (κ2) is 9.07. The zero-order chi connectivity index (χ0) is 26.4. The molecule has 38 heavy (non-hydrogen) atoms. The number of rotatable bonds is 4. The Morgan fingerprint density at radius 1 is 1.05 bits per heavy atom. The van der Waals surface area contributed by atoms with Crippen LogP contribution < -0.4 is 4.74 Å². The van der Waals surface area contributed by atoms with Gasteiger partial charge in [0, 0.05) is 23.2 Å². The van der Waals surface area contributed by atoms with Gasteiger partial charge in [0.15, 0.2) is 5.78 Å². The fraction of sp³-hybridized carbons (Fsp3) is 0.258. The van der Waals surface area contributed by atoms with Crippen molar-refractivity contribution in [3.8, 4) is 34.3 Å². The van der Waals surface area contributed by atoms with Gasteiger partial charge < -0.3 is 4.74 Å². The van der Waals surface area contributed by atoms with E-state index in [4.69, 9.17) is 14.7 Å². The Hall–Kier alpha value is -4.57. The molecule has 7 nitrogen and oxygen atoms in total. The number of allylic oxidation sites excluding steroid dienone is 2. The van der Waals surface area contributed by atoms with Gasteiger partial charge in [0.25, 0.3) is 0 Å². The Morgan fingerprint density at radius 3 is 2.45 bits per heavy atom. The molecular weight excluding hydrogens is 474 g/mol. The first kappa shape index (κ1) is 23.8. The van der Waals surface area contributed by atoms with E-state index in [1.807, 2.05) is 50.3 Å².